The molecule has 2 atom stereocenters. The van der Waals surface area contributed by atoms with Gasteiger partial charge in [0.15, 0.2) is 0 Å². The summed E-state index contributed by atoms with van der Waals surface area (Å²) in [5.74, 6) is -0.313. The van der Waals surface area contributed by atoms with Crippen molar-refractivity contribution in [2.45, 2.75) is 39.4 Å². The molecule has 0 saturated heterocycles. The zero-order valence-electron chi connectivity index (χ0n) is 16.4. The zero-order valence-corrected chi connectivity index (χ0v) is 18.7. The van der Waals surface area contributed by atoms with E-state index in [1.165, 1.54) is 0 Å². The van der Waals surface area contributed by atoms with Gasteiger partial charge in [-0.05, 0) is 41.3 Å². The molecule has 2 aromatic rings. The third kappa shape index (κ3) is 5.13. The summed E-state index contributed by atoms with van der Waals surface area (Å²) in [4.78, 5) is 26.7. The van der Waals surface area contributed by atoms with Gasteiger partial charge in [-0.15, -0.1) is 0 Å². The van der Waals surface area contributed by atoms with Crippen LogP contribution in [0.25, 0.3) is 0 Å². The molecular formula is C22H22Cl3NO3. The Hall–Kier alpha value is -1.59. The number of anilines is 1. The number of nitrogens with zero attached hydrogens (tertiary/aromatic N) is 1. The molecule has 1 aliphatic heterocycles. The minimum atomic E-state index is -1.03. The van der Waals surface area contributed by atoms with Crippen LogP contribution in [0.15, 0.2) is 42.5 Å². The number of hydrogen-bond donors (Lipinski definition) is 0. The van der Waals surface area contributed by atoms with E-state index in [2.05, 4.69) is 0 Å². The van der Waals surface area contributed by atoms with Crippen molar-refractivity contribution in [2.75, 3.05) is 11.4 Å². The van der Waals surface area contributed by atoms with E-state index < -0.39 is 17.5 Å². The van der Waals surface area contributed by atoms with Crippen LogP contribution in [0.3, 0.4) is 0 Å². The predicted octanol–water partition coefficient (Wildman–Crippen LogP) is 6.02. The lowest BCUT2D eigenvalue weighted by molar-refractivity contribution is -0.135. The highest BCUT2D eigenvalue weighted by Gasteiger charge is 2.39. The van der Waals surface area contributed by atoms with Crippen molar-refractivity contribution in [3.8, 4) is 0 Å². The number of carbonyl (C=O) groups is 2. The van der Waals surface area contributed by atoms with Gasteiger partial charge in [-0.2, -0.15) is 0 Å². The Kier molecular flexibility index (Phi) is 6.59. The first-order valence-electron chi connectivity index (χ1n) is 9.26. The molecule has 1 aliphatic rings. The molecule has 2 aromatic carbocycles. The third-order valence-corrected chi connectivity index (χ3v) is 5.30. The van der Waals surface area contributed by atoms with Gasteiger partial charge in [-0.25, -0.2) is 0 Å². The van der Waals surface area contributed by atoms with Crippen LogP contribution in [-0.4, -0.2) is 23.8 Å². The lowest BCUT2D eigenvalue weighted by Crippen LogP contribution is -2.44. The van der Waals surface area contributed by atoms with E-state index in [0.29, 0.717) is 33.4 Å². The quantitative estimate of drug-likeness (QED) is 0.531. The topological polar surface area (TPSA) is 46.6 Å². The van der Waals surface area contributed by atoms with Gasteiger partial charge in [0.1, 0.15) is 12.2 Å². The first-order valence-corrected chi connectivity index (χ1v) is 10.4. The molecular weight excluding hydrogens is 433 g/mol. The smallest absolute Gasteiger partial charge is 0.256 e. The number of carbonyl (C=O) groups excluding carboxylic acids is 2. The highest BCUT2D eigenvalue weighted by Crippen LogP contribution is 2.42. The van der Waals surface area contributed by atoms with E-state index in [1.807, 2.05) is 39.0 Å². The number of rotatable bonds is 4. The van der Waals surface area contributed by atoms with Gasteiger partial charge in [-0.1, -0.05) is 62.2 Å². The van der Waals surface area contributed by atoms with Crippen molar-refractivity contribution in [2.24, 2.45) is 5.41 Å². The number of amides is 1. The van der Waals surface area contributed by atoms with Crippen LogP contribution in [0.4, 0.5) is 5.69 Å². The van der Waals surface area contributed by atoms with E-state index in [-0.39, 0.29) is 17.7 Å². The molecule has 29 heavy (non-hydrogen) atoms. The summed E-state index contributed by atoms with van der Waals surface area (Å²) in [6, 6.07) is 12.6. The summed E-state index contributed by atoms with van der Waals surface area (Å²) in [5.41, 5.74) is 1.90. The Labute approximate surface area is 185 Å². The van der Waals surface area contributed by atoms with Crippen LogP contribution in [0.5, 0.6) is 0 Å². The average molecular weight is 455 g/mol. The highest BCUT2D eigenvalue weighted by molar-refractivity contribution is 6.63. The van der Waals surface area contributed by atoms with Gasteiger partial charge >= 0.3 is 0 Å². The van der Waals surface area contributed by atoms with Gasteiger partial charge in [0, 0.05) is 33.4 Å². The second kappa shape index (κ2) is 8.65. The van der Waals surface area contributed by atoms with Crippen LogP contribution in [0.2, 0.25) is 10.0 Å². The van der Waals surface area contributed by atoms with Gasteiger partial charge in [0.25, 0.3) is 5.91 Å². The minimum absolute atomic E-state index is 0.188. The van der Waals surface area contributed by atoms with Gasteiger partial charge in [0.05, 0.1) is 6.42 Å². The molecule has 0 spiro atoms. The maximum absolute atomic E-state index is 13.4. The van der Waals surface area contributed by atoms with Crippen LogP contribution < -0.4 is 4.90 Å². The summed E-state index contributed by atoms with van der Waals surface area (Å²) in [7, 11) is 0. The largest absolute Gasteiger partial charge is 0.355 e. The SMILES string of the molecule is CC(C)(C)CN1C(=O)C(CC(=O)Cl)OC(c2ccccc2Cl)c2cc(Cl)ccc21. The number of fused-ring (bicyclic) bond motifs is 1. The highest BCUT2D eigenvalue weighted by atomic mass is 35.5. The molecule has 0 aromatic heterocycles. The first kappa shape index (κ1) is 22.1. The van der Waals surface area contributed by atoms with Crippen molar-refractivity contribution < 1.29 is 14.3 Å². The first-order chi connectivity index (χ1) is 13.6. The Bertz CT molecular complexity index is 939. The second-order valence-corrected chi connectivity index (χ2v) is 9.54. The van der Waals surface area contributed by atoms with E-state index in [0.717, 1.165) is 0 Å². The molecule has 0 bridgehead atoms. The molecule has 0 N–H and O–H groups in total. The molecule has 2 unspecified atom stereocenters. The predicted molar refractivity (Wildman–Crippen MR) is 117 cm³/mol. The molecule has 1 amide bonds. The summed E-state index contributed by atoms with van der Waals surface area (Å²) in [5, 5.41) is 0.372. The standard InChI is InChI=1S/C22H22Cl3NO3/c1-22(2,3)12-26-17-9-8-13(23)10-15(17)20(14-6-4-5-7-16(14)24)29-18(21(26)28)11-19(25)27/h4-10,18,20H,11-12H2,1-3H3. The third-order valence-electron chi connectivity index (χ3n) is 4.57. The lowest BCUT2D eigenvalue weighted by Gasteiger charge is -2.31. The van der Waals surface area contributed by atoms with Crippen molar-refractivity contribution in [1.82, 2.24) is 0 Å². The lowest BCUT2D eigenvalue weighted by atomic mass is 9.94. The molecule has 1 heterocycles. The summed E-state index contributed by atoms with van der Waals surface area (Å²) < 4.78 is 6.19. The van der Waals surface area contributed by atoms with Crippen molar-refractivity contribution >= 4 is 51.6 Å². The number of ether oxygens (including phenoxy) is 1. The van der Waals surface area contributed by atoms with Crippen molar-refractivity contribution in [3.63, 3.8) is 0 Å². The molecule has 0 fully saturated rings. The molecule has 0 radical (unpaired) electrons. The number of halogens is 3. The fourth-order valence-electron chi connectivity index (χ4n) is 3.42. The Morgan fingerprint density at radius 1 is 1.10 bits per heavy atom. The molecule has 0 saturated carbocycles. The monoisotopic (exact) mass is 453 g/mol. The van der Waals surface area contributed by atoms with Crippen molar-refractivity contribution in [1.29, 1.82) is 0 Å². The van der Waals surface area contributed by atoms with Gasteiger partial charge in [-0.3, -0.25) is 9.59 Å². The number of benzene rings is 2. The second-order valence-electron chi connectivity index (χ2n) is 8.27. The van der Waals surface area contributed by atoms with Gasteiger partial charge in [0.2, 0.25) is 5.24 Å². The molecule has 4 nitrogen and oxygen atoms in total. The van der Waals surface area contributed by atoms with Crippen LogP contribution in [-0.2, 0) is 14.3 Å². The molecule has 0 aliphatic carbocycles. The van der Waals surface area contributed by atoms with E-state index >= 15 is 0 Å². The summed E-state index contributed by atoms with van der Waals surface area (Å²) in [6.45, 7) is 6.55. The maximum Gasteiger partial charge on any atom is 0.256 e. The average Bonchev–Trinajstić information content (AvgIpc) is 2.71. The molecule has 154 valence electrons. The summed E-state index contributed by atoms with van der Waals surface area (Å²) in [6.07, 6.45) is -1.94. The fourth-order valence-corrected chi connectivity index (χ4v) is 3.97. The normalized spacial score (nSPS) is 19.7. The fraction of sp³-hybridized carbons (Fsp3) is 0.364. The van der Waals surface area contributed by atoms with Crippen LogP contribution in [0, 0.1) is 5.41 Å². The summed E-state index contributed by atoms with van der Waals surface area (Å²) >= 11 is 18.4. The minimum Gasteiger partial charge on any atom is -0.355 e. The molecule has 3 rings (SSSR count). The Balaban J connectivity index is 2.22. The van der Waals surface area contributed by atoms with Crippen LogP contribution in [0.1, 0.15) is 44.4 Å². The van der Waals surface area contributed by atoms with Crippen molar-refractivity contribution in [3.05, 3.63) is 63.6 Å². The Morgan fingerprint density at radius 3 is 2.41 bits per heavy atom. The molecule has 7 heteroatoms. The van der Waals surface area contributed by atoms with E-state index in [4.69, 9.17) is 39.5 Å². The number of hydrogen-bond acceptors (Lipinski definition) is 3. The van der Waals surface area contributed by atoms with Gasteiger partial charge < -0.3 is 9.64 Å². The van der Waals surface area contributed by atoms with Crippen LogP contribution >= 0.6 is 34.8 Å². The zero-order chi connectivity index (χ0) is 21.3. The van der Waals surface area contributed by atoms with E-state index in [1.54, 1.807) is 29.2 Å². The Morgan fingerprint density at radius 2 is 1.79 bits per heavy atom. The maximum atomic E-state index is 13.4. The van der Waals surface area contributed by atoms with E-state index in [9.17, 15) is 9.59 Å².